The third-order valence-electron chi connectivity index (χ3n) is 3.38. The molecule has 0 spiro atoms. The molecule has 0 radical (unpaired) electrons. The van der Waals surface area contributed by atoms with E-state index in [1.54, 1.807) is 24.6 Å². The zero-order valence-corrected chi connectivity index (χ0v) is 13.2. The van der Waals surface area contributed by atoms with E-state index in [2.05, 4.69) is 0 Å². The van der Waals surface area contributed by atoms with Gasteiger partial charge in [-0.2, -0.15) is 4.31 Å². The molecule has 0 atom stereocenters. The number of rotatable bonds is 4. The van der Waals surface area contributed by atoms with Crippen molar-refractivity contribution >= 4 is 32.1 Å². The van der Waals surface area contributed by atoms with Gasteiger partial charge in [-0.3, -0.25) is 0 Å². The first kappa shape index (κ1) is 14.3. The van der Waals surface area contributed by atoms with Crippen LogP contribution in [-0.2, 0) is 16.6 Å². The molecule has 108 valence electrons. The predicted molar refractivity (Wildman–Crippen MR) is 86.9 cm³/mol. The van der Waals surface area contributed by atoms with Crippen molar-refractivity contribution in [2.45, 2.75) is 10.8 Å². The van der Waals surface area contributed by atoms with Crippen LogP contribution in [0.2, 0.25) is 0 Å². The van der Waals surface area contributed by atoms with Crippen molar-refractivity contribution in [1.29, 1.82) is 0 Å². The molecule has 3 rings (SSSR count). The SMILES string of the molecule is CN(Cc1ccc2ccccc2c1)S(=O)(=O)c1cccs1. The van der Waals surface area contributed by atoms with Gasteiger partial charge in [-0.15, -0.1) is 11.3 Å². The van der Waals surface area contributed by atoms with Gasteiger partial charge in [0.2, 0.25) is 0 Å². The third kappa shape index (κ3) is 2.85. The predicted octanol–water partition coefficient (Wildman–Crippen LogP) is 3.72. The van der Waals surface area contributed by atoms with E-state index in [1.807, 2.05) is 42.5 Å². The van der Waals surface area contributed by atoms with E-state index in [4.69, 9.17) is 0 Å². The Kier molecular flexibility index (Phi) is 3.80. The Labute approximate surface area is 128 Å². The summed E-state index contributed by atoms with van der Waals surface area (Å²) < 4.78 is 26.6. The summed E-state index contributed by atoms with van der Waals surface area (Å²) >= 11 is 1.24. The summed E-state index contributed by atoms with van der Waals surface area (Å²) in [6, 6.07) is 17.5. The van der Waals surface area contributed by atoms with E-state index in [1.165, 1.54) is 15.6 Å². The standard InChI is InChI=1S/C16H15NO2S2/c1-17(21(18,19)16-7-4-10-20-16)12-13-8-9-14-5-2-3-6-15(14)11-13/h2-11H,12H2,1H3. The Morgan fingerprint density at radius 1 is 1.00 bits per heavy atom. The number of nitrogens with zero attached hydrogens (tertiary/aromatic N) is 1. The molecule has 21 heavy (non-hydrogen) atoms. The van der Waals surface area contributed by atoms with Crippen LogP contribution in [0.3, 0.4) is 0 Å². The van der Waals surface area contributed by atoms with Crippen LogP contribution >= 0.6 is 11.3 Å². The fourth-order valence-electron chi connectivity index (χ4n) is 2.24. The fourth-order valence-corrected chi connectivity index (χ4v) is 4.60. The Hall–Kier alpha value is -1.69. The summed E-state index contributed by atoms with van der Waals surface area (Å²) in [4.78, 5) is 0. The molecule has 0 amide bonds. The van der Waals surface area contributed by atoms with Crippen molar-refractivity contribution in [3.05, 3.63) is 65.5 Å². The van der Waals surface area contributed by atoms with E-state index in [0.717, 1.165) is 16.3 Å². The summed E-state index contributed by atoms with van der Waals surface area (Å²) in [5.74, 6) is 0. The molecule has 0 aliphatic carbocycles. The van der Waals surface area contributed by atoms with Crippen molar-refractivity contribution in [3.8, 4) is 0 Å². The molecule has 5 heteroatoms. The molecule has 0 aliphatic heterocycles. The van der Waals surface area contributed by atoms with Crippen LogP contribution in [0.25, 0.3) is 10.8 Å². The number of thiophene rings is 1. The molecule has 2 aromatic carbocycles. The van der Waals surface area contributed by atoms with E-state index < -0.39 is 10.0 Å². The van der Waals surface area contributed by atoms with Gasteiger partial charge < -0.3 is 0 Å². The minimum Gasteiger partial charge on any atom is -0.206 e. The molecule has 0 saturated carbocycles. The zero-order chi connectivity index (χ0) is 14.9. The Morgan fingerprint density at radius 2 is 1.76 bits per heavy atom. The Bertz CT molecular complexity index is 855. The van der Waals surface area contributed by atoms with Crippen LogP contribution in [0.4, 0.5) is 0 Å². The third-order valence-corrected chi connectivity index (χ3v) is 6.56. The monoisotopic (exact) mass is 317 g/mol. The molecule has 0 bridgehead atoms. The van der Waals surface area contributed by atoms with E-state index >= 15 is 0 Å². The van der Waals surface area contributed by atoms with Gasteiger partial charge in [-0.1, -0.05) is 42.5 Å². The van der Waals surface area contributed by atoms with Gasteiger partial charge in [-0.25, -0.2) is 8.42 Å². The normalized spacial score (nSPS) is 12.1. The molecule has 0 unspecified atom stereocenters. The largest absolute Gasteiger partial charge is 0.252 e. The lowest BCUT2D eigenvalue weighted by atomic mass is 10.1. The second kappa shape index (κ2) is 5.60. The van der Waals surface area contributed by atoms with Crippen LogP contribution in [0.1, 0.15) is 5.56 Å². The Morgan fingerprint density at radius 3 is 2.48 bits per heavy atom. The average Bonchev–Trinajstić information content (AvgIpc) is 3.02. The lowest BCUT2D eigenvalue weighted by Gasteiger charge is -2.16. The minimum absolute atomic E-state index is 0.366. The quantitative estimate of drug-likeness (QED) is 0.735. The van der Waals surface area contributed by atoms with Gasteiger partial charge in [0.15, 0.2) is 0 Å². The van der Waals surface area contributed by atoms with Crippen molar-refractivity contribution in [1.82, 2.24) is 4.31 Å². The van der Waals surface area contributed by atoms with E-state index in [9.17, 15) is 8.42 Å². The number of benzene rings is 2. The first-order chi connectivity index (χ1) is 10.1. The van der Waals surface area contributed by atoms with Crippen LogP contribution in [0.15, 0.2) is 64.2 Å². The molecule has 0 saturated heterocycles. The van der Waals surface area contributed by atoms with Crippen LogP contribution in [0, 0.1) is 0 Å². The number of hydrogen-bond acceptors (Lipinski definition) is 3. The highest BCUT2D eigenvalue weighted by Gasteiger charge is 2.21. The molecular weight excluding hydrogens is 302 g/mol. The van der Waals surface area contributed by atoms with Crippen molar-refractivity contribution in [2.75, 3.05) is 7.05 Å². The molecule has 1 heterocycles. The second-order valence-electron chi connectivity index (χ2n) is 4.87. The average molecular weight is 317 g/mol. The number of fused-ring (bicyclic) bond motifs is 1. The summed E-state index contributed by atoms with van der Waals surface area (Å²) in [7, 11) is -1.78. The fraction of sp³-hybridized carbons (Fsp3) is 0.125. The molecular formula is C16H15NO2S2. The second-order valence-corrected chi connectivity index (χ2v) is 8.09. The van der Waals surface area contributed by atoms with Crippen molar-refractivity contribution < 1.29 is 8.42 Å². The summed E-state index contributed by atoms with van der Waals surface area (Å²) in [6.07, 6.45) is 0. The van der Waals surface area contributed by atoms with Gasteiger partial charge >= 0.3 is 0 Å². The molecule has 0 N–H and O–H groups in total. The Balaban J connectivity index is 1.88. The van der Waals surface area contributed by atoms with Gasteiger partial charge in [0.05, 0.1) is 0 Å². The highest BCUT2D eigenvalue weighted by Crippen LogP contribution is 2.22. The highest BCUT2D eigenvalue weighted by molar-refractivity contribution is 7.91. The first-order valence-corrected chi connectivity index (χ1v) is 8.87. The molecule has 3 aromatic rings. The maximum Gasteiger partial charge on any atom is 0.252 e. The summed E-state index contributed by atoms with van der Waals surface area (Å²) in [5.41, 5.74) is 0.983. The van der Waals surface area contributed by atoms with Gasteiger partial charge in [-0.05, 0) is 33.8 Å². The smallest absolute Gasteiger partial charge is 0.206 e. The van der Waals surface area contributed by atoms with Gasteiger partial charge in [0.1, 0.15) is 4.21 Å². The molecule has 3 nitrogen and oxygen atoms in total. The van der Waals surface area contributed by atoms with Crippen LogP contribution in [0.5, 0.6) is 0 Å². The number of sulfonamides is 1. The van der Waals surface area contributed by atoms with E-state index in [-0.39, 0.29) is 0 Å². The van der Waals surface area contributed by atoms with Gasteiger partial charge in [0.25, 0.3) is 10.0 Å². The summed E-state index contributed by atoms with van der Waals surface area (Å²) in [5, 5.41) is 4.05. The minimum atomic E-state index is -3.40. The lowest BCUT2D eigenvalue weighted by molar-refractivity contribution is 0.468. The van der Waals surface area contributed by atoms with Crippen molar-refractivity contribution in [3.63, 3.8) is 0 Å². The summed E-state index contributed by atoms with van der Waals surface area (Å²) in [6.45, 7) is 0.366. The van der Waals surface area contributed by atoms with Crippen molar-refractivity contribution in [2.24, 2.45) is 0 Å². The van der Waals surface area contributed by atoms with Crippen LogP contribution in [-0.4, -0.2) is 19.8 Å². The lowest BCUT2D eigenvalue weighted by Crippen LogP contribution is -2.25. The first-order valence-electron chi connectivity index (χ1n) is 6.55. The molecule has 0 fully saturated rings. The number of hydrogen-bond donors (Lipinski definition) is 0. The zero-order valence-electron chi connectivity index (χ0n) is 11.6. The maximum atomic E-state index is 12.4. The maximum absolute atomic E-state index is 12.4. The molecule has 0 aliphatic rings. The van der Waals surface area contributed by atoms with Gasteiger partial charge in [0, 0.05) is 13.6 Å². The topological polar surface area (TPSA) is 37.4 Å². The van der Waals surface area contributed by atoms with E-state index in [0.29, 0.717) is 10.8 Å². The highest BCUT2D eigenvalue weighted by atomic mass is 32.2. The van der Waals surface area contributed by atoms with Crippen LogP contribution < -0.4 is 0 Å². The molecule has 1 aromatic heterocycles.